The lowest BCUT2D eigenvalue weighted by molar-refractivity contribution is -0.137. The third-order valence-electron chi connectivity index (χ3n) is 6.33. The number of rotatable bonds is 3. The summed E-state index contributed by atoms with van der Waals surface area (Å²) >= 11 is 0. The first kappa shape index (κ1) is 25.5. The van der Waals surface area contributed by atoms with E-state index in [0.29, 0.717) is 0 Å². The Morgan fingerprint density at radius 3 is 2.43 bits per heavy atom. The Balaban J connectivity index is 1.54. The summed E-state index contributed by atoms with van der Waals surface area (Å²) in [6, 6.07) is 8.83. The van der Waals surface area contributed by atoms with Crippen molar-refractivity contribution >= 4 is 31.6 Å². The van der Waals surface area contributed by atoms with Crippen LogP contribution in [0.2, 0.25) is 0 Å². The lowest BCUT2D eigenvalue weighted by Gasteiger charge is -2.45. The second-order valence-corrected chi connectivity index (χ2v) is 12.9. The Kier molecular flexibility index (Phi) is 6.62. The molecule has 2 fully saturated rings. The highest BCUT2D eigenvalue weighted by Gasteiger charge is 2.48. The first-order valence-electron chi connectivity index (χ1n) is 10.8. The third kappa shape index (κ3) is 5.16. The first-order valence-corrected chi connectivity index (χ1v) is 14.0. The van der Waals surface area contributed by atoms with Crippen molar-refractivity contribution in [3.05, 3.63) is 59.7 Å². The number of piperidine rings is 1. The van der Waals surface area contributed by atoms with Gasteiger partial charge in [-0.25, -0.2) is 21.6 Å². The largest absolute Gasteiger partial charge is 0.416 e. The molecule has 2 aromatic carbocycles. The van der Waals surface area contributed by atoms with Crippen molar-refractivity contribution in [1.82, 2.24) is 9.21 Å². The number of hydrogen-bond acceptors (Lipinski definition) is 5. The Bertz CT molecular complexity index is 1330. The number of halogens is 3. The molecule has 190 valence electrons. The smallest absolute Gasteiger partial charge is 0.319 e. The van der Waals surface area contributed by atoms with Crippen LogP contribution in [0.3, 0.4) is 0 Å². The number of urea groups is 1. The molecular weight excluding hydrogens is 507 g/mol. The Morgan fingerprint density at radius 1 is 1.09 bits per heavy atom. The molecule has 2 saturated heterocycles. The van der Waals surface area contributed by atoms with E-state index in [2.05, 4.69) is 5.32 Å². The quantitative estimate of drug-likeness (QED) is 0.656. The molecule has 0 saturated carbocycles. The Labute approximate surface area is 201 Å². The van der Waals surface area contributed by atoms with E-state index < -0.39 is 48.9 Å². The SMILES string of the molecule is Cc1ccc(S(=O)(=O)N2CCC3C(C2)S(=O)(=O)CCN3C(=O)Nc2cccc(C(F)(F)F)c2)cc1. The summed E-state index contributed by atoms with van der Waals surface area (Å²) < 4.78 is 92.0. The zero-order chi connectivity index (χ0) is 25.6. The Hall–Kier alpha value is -2.64. The second kappa shape index (κ2) is 9.10. The molecule has 2 unspecified atom stereocenters. The van der Waals surface area contributed by atoms with Gasteiger partial charge in [-0.05, 0) is 43.7 Å². The van der Waals surface area contributed by atoms with Gasteiger partial charge in [0.2, 0.25) is 10.0 Å². The molecule has 0 bridgehead atoms. The fraction of sp³-hybridized carbons (Fsp3) is 0.409. The van der Waals surface area contributed by atoms with Crippen LogP contribution in [0.5, 0.6) is 0 Å². The van der Waals surface area contributed by atoms with Crippen LogP contribution in [0.1, 0.15) is 17.5 Å². The van der Waals surface area contributed by atoms with Crippen LogP contribution in [0.15, 0.2) is 53.4 Å². The van der Waals surface area contributed by atoms with E-state index in [1.54, 1.807) is 12.1 Å². The van der Waals surface area contributed by atoms with E-state index in [1.165, 1.54) is 23.1 Å². The molecule has 1 N–H and O–H groups in total. The number of alkyl halides is 3. The normalized spacial score (nSPS) is 22.9. The van der Waals surface area contributed by atoms with Crippen LogP contribution in [0.4, 0.5) is 23.7 Å². The number of nitrogens with zero attached hydrogens (tertiary/aromatic N) is 2. The molecule has 0 aromatic heterocycles. The molecule has 2 aromatic rings. The van der Waals surface area contributed by atoms with E-state index in [-0.39, 0.29) is 42.4 Å². The highest BCUT2D eigenvalue weighted by Crippen LogP contribution is 2.33. The second-order valence-electron chi connectivity index (χ2n) is 8.64. The van der Waals surface area contributed by atoms with Crippen molar-refractivity contribution in [1.29, 1.82) is 0 Å². The zero-order valence-corrected chi connectivity index (χ0v) is 20.3. The summed E-state index contributed by atoms with van der Waals surface area (Å²) in [5, 5.41) is 1.28. The number of amides is 2. The maximum absolute atomic E-state index is 13.1. The number of anilines is 1. The number of benzene rings is 2. The topological polar surface area (TPSA) is 104 Å². The van der Waals surface area contributed by atoms with Crippen LogP contribution in [-0.2, 0) is 26.0 Å². The van der Waals surface area contributed by atoms with E-state index >= 15 is 0 Å². The van der Waals surface area contributed by atoms with Crippen LogP contribution < -0.4 is 5.32 Å². The van der Waals surface area contributed by atoms with Gasteiger partial charge in [0.1, 0.15) is 0 Å². The predicted octanol–water partition coefficient (Wildman–Crippen LogP) is 3.11. The lowest BCUT2D eigenvalue weighted by Crippen LogP contribution is -2.64. The number of carbonyl (C=O) groups excluding carboxylic acids is 1. The lowest BCUT2D eigenvalue weighted by atomic mass is 10.0. The van der Waals surface area contributed by atoms with Crippen molar-refractivity contribution in [3.8, 4) is 0 Å². The monoisotopic (exact) mass is 531 g/mol. The summed E-state index contributed by atoms with van der Waals surface area (Å²) in [4.78, 5) is 14.3. The van der Waals surface area contributed by atoms with Gasteiger partial charge in [-0.3, -0.25) is 0 Å². The van der Waals surface area contributed by atoms with E-state index in [1.807, 2.05) is 6.92 Å². The number of hydrogen-bond donors (Lipinski definition) is 1. The molecule has 2 atom stereocenters. The summed E-state index contributed by atoms with van der Waals surface area (Å²) in [6.07, 6.45) is -4.51. The molecule has 2 heterocycles. The summed E-state index contributed by atoms with van der Waals surface area (Å²) in [5.74, 6) is -0.372. The third-order valence-corrected chi connectivity index (χ3v) is 10.3. The highest BCUT2D eigenvalue weighted by molar-refractivity contribution is 7.92. The molecule has 2 aliphatic heterocycles. The zero-order valence-electron chi connectivity index (χ0n) is 18.7. The number of aryl methyl sites for hydroxylation is 1. The van der Waals surface area contributed by atoms with Gasteiger partial charge in [0.15, 0.2) is 9.84 Å². The van der Waals surface area contributed by atoms with Crippen LogP contribution in [-0.4, -0.2) is 68.8 Å². The van der Waals surface area contributed by atoms with Crippen LogP contribution >= 0.6 is 0 Å². The van der Waals surface area contributed by atoms with Crippen LogP contribution in [0.25, 0.3) is 0 Å². The molecule has 4 rings (SSSR count). The van der Waals surface area contributed by atoms with Crippen molar-refractivity contribution in [3.63, 3.8) is 0 Å². The molecule has 13 heteroatoms. The molecule has 0 aliphatic carbocycles. The molecule has 0 spiro atoms. The van der Waals surface area contributed by atoms with Crippen molar-refractivity contribution in [2.24, 2.45) is 0 Å². The fourth-order valence-electron chi connectivity index (χ4n) is 4.43. The number of sulfone groups is 1. The van der Waals surface area contributed by atoms with Gasteiger partial charge >= 0.3 is 12.2 Å². The predicted molar refractivity (Wildman–Crippen MR) is 123 cm³/mol. The molecular formula is C22H24F3N3O5S2. The Morgan fingerprint density at radius 2 is 1.77 bits per heavy atom. The van der Waals surface area contributed by atoms with Crippen molar-refractivity contribution < 1.29 is 34.8 Å². The minimum Gasteiger partial charge on any atom is -0.319 e. The maximum Gasteiger partial charge on any atom is 0.416 e. The van der Waals surface area contributed by atoms with Gasteiger partial charge in [-0.15, -0.1) is 0 Å². The van der Waals surface area contributed by atoms with Gasteiger partial charge in [0.25, 0.3) is 0 Å². The van der Waals surface area contributed by atoms with E-state index in [0.717, 1.165) is 28.1 Å². The van der Waals surface area contributed by atoms with Gasteiger partial charge < -0.3 is 10.2 Å². The standard InChI is InChI=1S/C22H24F3N3O5S2/c1-15-5-7-18(8-6-15)35(32,33)27-10-9-19-20(14-27)34(30,31)12-11-28(19)21(29)26-17-4-2-3-16(13-17)22(23,24)25/h2-8,13,19-20H,9-12,14H2,1H3,(H,26,29). The summed E-state index contributed by atoms with van der Waals surface area (Å²) in [6.45, 7) is 1.37. The maximum atomic E-state index is 13.1. The first-order chi connectivity index (χ1) is 16.3. The molecule has 2 aliphatic rings. The molecule has 35 heavy (non-hydrogen) atoms. The van der Waals surface area contributed by atoms with Gasteiger partial charge in [0.05, 0.1) is 27.5 Å². The summed E-state index contributed by atoms with van der Waals surface area (Å²) in [7, 11) is -7.65. The number of fused-ring (bicyclic) bond motifs is 1. The van der Waals surface area contributed by atoms with E-state index in [9.17, 15) is 34.8 Å². The molecule has 0 radical (unpaired) electrons. The van der Waals surface area contributed by atoms with Gasteiger partial charge in [-0.2, -0.15) is 17.5 Å². The van der Waals surface area contributed by atoms with Crippen LogP contribution in [0, 0.1) is 6.92 Å². The summed E-state index contributed by atoms with van der Waals surface area (Å²) in [5.41, 5.74) is -0.127. The minimum absolute atomic E-state index is 0.000233. The minimum atomic E-state index is -4.58. The molecule has 8 nitrogen and oxygen atoms in total. The number of nitrogens with one attached hydrogen (secondary N) is 1. The van der Waals surface area contributed by atoms with Gasteiger partial charge in [-0.1, -0.05) is 23.8 Å². The van der Waals surface area contributed by atoms with Crippen molar-refractivity contribution in [2.45, 2.75) is 35.7 Å². The fourth-order valence-corrected chi connectivity index (χ4v) is 7.92. The highest BCUT2D eigenvalue weighted by atomic mass is 32.2. The molecule has 2 amide bonds. The number of carbonyl (C=O) groups is 1. The average Bonchev–Trinajstić information content (AvgIpc) is 2.79. The number of sulfonamides is 1. The van der Waals surface area contributed by atoms with E-state index in [4.69, 9.17) is 0 Å². The average molecular weight is 532 g/mol. The van der Waals surface area contributed by atoms with Crippen molar-refractivity contribution in [2.75, 3.05) is 30.7 Å². The van der Waals surface area contributed by atoms with Gasteiger partial charge in [0, 0.05) is 25.3 Å².